The van der Waals surface area contributed by atoms with E-state index in [1.54, 1.807) is 18.2 Å². The molecule has 1 N–H and O–H groups in total. The van der Waals surface area contributed by atoms with Gasteiger partial charge in [-0.25, -0.2) is 4.39 Å². The minimum absolute atomic E-state index is 0.0142. The van der Waals surface area contributed by atoms with Gasteiger partial charge in [0, 0.05) is 44.7 Å². The first kappa shape index (κ1) is 22.7. The van der Waals surface area contributed by atoms with Crippen LogP contribution < -0.4 is 5.32 Å². The van der Waals surface area contributed by atoms with Crippen molar-refractivity contribution in [3.63, 3.8) is 0 Å². The molecule has 1 heterocycles. The average molecular weight is 418 g/mol. The molecule has 2 fully saturated rings. The fraction of sp³-hybridized carbons (Fsp3) is 0.667. The fourth-order valence-corrected chi connectivity index (χ4v) is 4.69. The van der Waals surface area contributed by atoms with Crippen LogP contribution in [0.5, 0.6) is 0 Å². The second kappa shape index (κ2) is 9.90. The number of piperazine rings is 1. The maximum Gasteiger partial charge on any atom is 0.237 e. The summed E-state index contributed by atoms with van der Waals surface area (Å²) >= 11 is 0. The highest BCUT2D eigenvalue weighted by Crippen LogP contribution is 2.31. The highest BCUT2D eigenvalue weighted by atomic mass is 19.1. The van der Waals surface area contributed by atoms with Crippen LogP contribution in [0.25, 0.3) is 0 Å². The van der Waals surface area contributed by atoms with Gasteiger partial charge in [0.15, 0.2) is 0 Å². The zero-order valence-corrected chi connectivity index (χ0v) is 18.6. The van der Waals surface area contributed by atoms with Crippen LogP contribution in [0.4, 0.5) is 4.39 Å². The van der Waals surface area contributed by atoms with Gasteiger partial charge in [-0.1, -0.05) is 51.8 Å². The molecule has 6 heteroatoms. The zero-order valence-electron chi connectivity index (χ0n) is 18.6. The molecule has 2 amide bonds. The molecule has 3 rings (SSSR count). The Morgan fingerprint density at radius 2 is 1.73 bits per heavy atom. The SMILES string of the molecule is CC(C)(C)CC(=O)N1CCN([C@H](C(=O)NCc2ccccc2F)C2CCCC2)CC1. The lowest BCUT2D eigenvalue weighted by Gasteiger charge is -2.41. The van der Waals surface area contributed by atoms with Crippen LogP contribution in [0.15, 0.2) is 24.3 Å². The number of carbonyl (C=O) groups excluding carboxylic acids is 2. The molecule has 166 valence electrons. The van der Waals surface area contributed by atoms with E-state index in [-0.39, 0.29) is 35.6 Å². The Kier molecular flexibility index (Phi) is 7.50. The number of halogens is 1. The standard InChI is InChI=1S/C24H36FN3O2/c1-24(2,3)16-21(29)27-12-14-28(15-13-27)22(18-8-4-5-9-18)23(30)26-17-19-10-6-7-11-20(19)25/h6-7,10-11,18,22H,4-5,8-9,12-17H2,1-3H3,(H,26,30)/t22-/m0/s1. The summed E-state index contributed by atoms with van der Waals surface area (Å²) in [5, 5.41) is 2.98. The fourth-order valence-electron chi connectivity index (χ4n) is 4.69. The van der Waals surface area contributed by atoms with E-state index in [0.29, 0.717) is 44.1 Å². The summed E-state index contributed by atoms with van der Waals surface area (Å²) in [6, 6.07) is 6.37. The summed E-state index contributed by atoms with van der Waals surface area (Å²) < 4.78 is 13.9. The molecule has 1 aliphatic carbocycles. The molecule has 1 saturated heterocycles. The average Bonchev–Trinajstić information content (AvgIpc) is 3.21. The molecule has 1 saturated carbocycles. The maximum absolute atomic E-state index is 13.9. The maximum atomic E-state index is 13.9. The molecule has 0 aromatic heterocycles. The molecular weight excluding hydrogens is 381 g/mol. The van der Waals surface area contributed by atoms with Crippen LogP contribution in [0.1, 0.15) is 58.4 Å². The van der Waals surface area contributed by atoms with Crippen LogP contribution >= 0.6 is 0 Å². The Hall–Kier alpha value is -1.95. The van der Waals surface area contributed by atoms with Crippen molar-refractivity contribution >= 4 is 11.8 Å². The van der Waals surface area contributed by atoms with Crippen molar-refractivity contribution in [1.82, 2.24) is 15.1 Å². The molecule has 1 aliphatic heterocycles. The number of benzene rings is 1. The second-order valence-electron chi connectivity index (χ2n) is 9.95. The highest BCUT2D eigenvalue weighted by Gasteiger charge is 2.37. The number of carbonyl (C=O) groups is 2. The van der Waals surface area contributed by atoms with Crippen molar-refractivity contribution in [1.29, 1.82) is 0 Å². The van der Waals surface area contributed by atoms with Crippen molar-refractivity contribution in [3.8, 4) is 0 Å². The quantitative estimate of drug-likeness (QED) is 0.770. The number of nitrogens with one attached hydrogen (secondary N) is 1. The van der Waals surface area contributed by atoms with Gasteiger partial charge in [-0.3, -0.25) is 14.5 Å². The first-order valence-corrected chi connectivity index (χ1v) is 11.3. The molecule has 0 bridgehead atoms. The van der Waals surface area contributed by atoms with Crippen molar-refractivity contribution in [2.75, 3.05) is 26.2 Å². The van der Waals surface area contributed by atoms with Gasteiger partial charge in [0.2, 0.25) is 11.8 Å². The van der Waals surface area contributed by atoms with Crippen molar-refractivity contribution in [2.45, 2.75) is 65.5 Å². The molecule has 0 spiro atoms. The minimum Gasteiger partial charge on any atom is -0.351 e. The first-order valence-electron chi connectivity index (χ1n) is 11.3. The monoisotopic (exact) mass is 417 g/mol. The van der Waals surface area contributed by atoms with Crippen molar-refractivity contribution in [3.05, 3.63) is 35.6 Å². The smallest absolute Gasteiger partial charge is 0.237 e. The van der Waals surface area contributed by atoms with E-state index in [2.05, 4.69) is 31.0 Å². The molecule has 1 aromatic rings. The van der Waals surface area contributed by atoms with Crippen LogP contribution in [0, 0.1) is 17.2 Å². The molecule has 2 aliphatic rings. The van der Waals surface area contributed by atoms with Gasteiger partial charge in [-0.15, -0.1) is 0 Å². The number of rotatable bonds is 6. The molecule has 1 aromatic carbocycles. The lowest BCUT2D eigenvalue weighted by Crippen LogP contribution is -2.58. The summed E-state index contributed by atoms with van der Waals surface area (Å²) in [5.41, 5.74) is 0.487. The third kappa shape index (κ3) is 6.03. The molecule has 0 unspecified atom stereocenters. The predicted octanol–water partition coefficient (Wildman–Crippen LogP) is 3.58. The molecule has 5 nitrogen and oxygen atoms in total. The van der Waals surface area contributed by atoms with E-state index in [9.17, 15) is 14.0 Å². The number of amides is 2. The normalized spacial score (nSPS) is 19.7. The predicted molar refractivity (Wildman–Crippen MR) is 116 cm³/mol. The molecule has 0 radical (unpaired) electrons. The zero-order chi connectivity index (χ0) is 21.7. The third-order valence-corrected chi connectivity index (χ3v) is 6.27. The van der Waals surface area contributed by atoms with Gasteiger partial charge in [-0.2, -0.15) is 0 Å². The third-order valence-electron chi connectivity index (χ3n) is 6.27. The summed E-state index contributed by atoms with van der Waals surface area (Å²) in [7, 11) is 0. The van der Waals surface area contributed by atoms with Crippen LogP contribution in [0.2, 0.25) is 0 Å². The van der Waals surface area contributed by atoms with E-state index in [1.807, 2.05) is 4.90 Å². The van der Waals surface area contributed by atoms with Crippen molar-refractivity contribution < 1.29 is 14.0 Å². The lowest BCUT2D eigenvalue weighted by atomic mass is 9.91. The topological polar surface area (TPSA) is 52.7 Å². The summed E-state index contributed by atoms with van der Waals surface area (Å²) in [6.07, 6.45) is 4.97. The number of hydrogen-bond donors (Lipinski definition) is 1. The van der Waals surface area contributed by atoms with Crippen molar-refractivity contribution in [2.24, 2.45) is 11.3 Å². The van der Waals surface area contributed by atoms with E-state index >= 15 is 0 Å². The minimum atomic E-state index is -0.291. The Bertz CT molecular complexity index is 732. The molecular formula is C24H36FN3O2. The van der Waals surface area contributed by atoms with E-state index in [0.717, 1.165) is 25.7 Å². The first-order chi connectivity index (χ1) is 14.2. The van der Waals surface area contributed by atoms with Crippen LogP contribution in [-0.4, -0.2) is 53.8 Å². The Labute approximate surface area is 180 Å². The lowest BCUT2D eigenvalue weighted by molar-refractivity contribution is -0.136. The molecule has 30 heavy (non-hydrogen) atoms. The van der Waals surface area contributed by atoms with E-state index in [1.165, 1.54) is 6.07 Å². The number of hydrogen-bond acceptors (Lipinski definition) is 3. The van der Waals surface area contributed by atoms with Crippen LogP contribution in [0.3, 0.4) is 0 Å². The van der Waals surface area contributed by atoms with Crippen LogP contribution in [-0.2, 0) is 16.1 Å². The van der Waals surface area contributed by atoms with Gasteiger partial charge < -0.3 is 10.2 Å². The number of nitrogens with zero attached hydrogens (tertiary/aromatic N) is 2. The second-order valence-corrected chi connectivity index (χ2v) is 9.95. The Morgan fingerprint density at radius 3 is 2.33 bits per heavy atom. The van der Waals surface area contributed by atoms with Gasteiger partial charge in [0.25, 0.3) is 0 Å². The Balaban J connectivity index is 1.61. The highest BCUT2D eigenvalue weighted by molar-refractivity contribution is 5.82. The van der Waals surface area contributed by atoms with E-state index in [4.69, 9.17) is 0 Å². The van der Waals surface area contributed by atoms with Gasteiger partial charge in [0.05, 0.1) is 6.04 Å². The van der Waals surface area contributed by atoms with Gasteiger partial charge >= 0.3 is 0 Å². The van der Waals surface area contributed by atoms with Gasteiger partial charge in [-0.05, 0) is 30.2 Å². The summed E-state index contributed by atoms with van der Waals surface area (Å²) in [5.74, 6) is 0.229. The summed E-state index contributed by atoms with van der Waals surface area (Å²) in [6.45, 7) is 9.20. The van der Waals surface area contributed by atoms with Gasteiger partial charge in [0.1, 0.15) is 5.82 Å². The summed E-state index contributed by atoms with van der Waals surface area (Å²) in [4.78, 5) is 29.9. The molecule has 1 atom stereocenters. The Morgan fingerprint density at radius 1 is 1.10 bits per heavy atom. The van der Waals surface area contributed by atoms with E-state index < -0.39 is 0 Å². The largest absolute Gasteiger partial charge is 0.351 e.